The molecule has 40 heavy (non-hydrogen) atoms. The summed E-state index contributed by atoms with van der Waals surface area (Å²) >= 11 is 6.31. The summed E-state index contributed by atoms with van der Waals surface area (Å²) in [6.07, 6.45) is 3.85. The molecule has 0 aliphatic heterocycles. The summed E-state index contributed by atoms with van der Waals surface area (Å²) in [5, 5.41) is 14.2. The number of imidazole rings is 1. The van der Waals surface area contributed by atoms with Crippen LogP contribution in [0.25, 0.3) is 11.3 Å². The molecule has 2 amide bonds. The maximum Gasteiger partial charge on any atom is 0.251 e. The lowest BCUT2D eigenvalue weighted by Gasteiger charge is -2.20. The molecule has 2 atom stereocenters. The Hall–Kier alpha value is -3.40. The van der Waals surface area contributed by atoms with E-state index < -0.39 is 0 Å². The van der Waals surface area contributed by atoms with Crippen LogP contribution in [0.5, 0.6) is 5.75 Å². The molecule has 1 heterocycles. The molecule has 0 aliphatic rings. The van der Waals surface area contributed by atoms with Crippen LogP contribution in [0.4, 0.5) is 0 Å². The van der Waals surface area contributed by atoms with E-state index >= 15 is 0 Å². The van der Waals surface area contributed by atoms with E-state index in [1.54, 1.807) is 25.2 Å². The number of nitrogens with zero attached hydrogens (tertiary/aromatic N) is 3. The monoisotopic (exact) mass is 570 g/mol. The van der Waals surface area contributed by atoms with Crippen LogP contribution in [0.2, 0.25) is 5.02 Å². The summed E-state index contributed by atoms with van der Waals surface area (Å²) in [4.78, 5) is 34.5. The quantitative estimate of drug-likeness (QED) is 0.192. The van der Waals surface area contributed by atoms with E-state index in [9.17, 15) is 14.7 Å². The Bertz CT molecular complexity index is 1260. The first kappa shape index (κ1) is 31.1. The molecule has 2 N–H and O–H groups in total. The van der Waals surface area contributed by atoms with E-state index in [1.807, 2.05) is 62.7 Å². The Morgan fingerprint density at radius 3 is 2.50 bits per heavy atom. The van der Waals surface area contributed by atoms with E-state index in [4.69, 9.17) is 26.2 Å². The van der Waals surface area contributed by atoms with Crippen molar-refractivity contribution in [3.63, 3.8) is 0 Å². The van der Waals surface area contributed by atoms with Crippen LogP contribution < -0.4 is 10.1 Å². The molecule has 0 fully saturated rings. The summed E-state index contributed by atoms with van der Waals surface area (Å²) < 4.78 is 7.67. The number of halogens is 1. The van der Waals surface area contributed by atoms with E-state index in [2.05, 4.69) is 5.32 Å². The molecule has 3 rings (SSSR count). The molecular formula is C30H39ClN4O5. The van der Waals surface area contributed by atoms with Crippen LogP contribution in [0.15, 0.2) is 48.7 Å². The summed E-state index contributed by atoms with van der Waals surface area (Å²) in [5.74, 6) is 1.02. The number of aromatic nitrogens is 2. The zero-order chi connectivity index (χ0) is 29.2. The van der Waals surface area contributed by atoms with Gasteiger partial charge in [0.15, 0.2) is 0 Å². The van der Waals surface area contributed by atoms with Crippen molar-refractivity contribution in [3.8, 4) is 17.0 Å². The SMILES string of the molecule is CC[C@@H](ON(C)C=O)c1nc(-c2ccc(C[C@@H](CCO)NC(=O)c3ccc(OC(C)C)c(Cl)c3)cc2)cn1CC. The van der Waals surface area contributed by atoms with Gasteiger partial charge in [-0.05, 0) is 63.8 Å². The lowest BCUT2D eigenvalue weighted by atomic mass is 10.0. The minimum atomic E-state index is -0.347. The highest BCUT2D eigenvalue weighted by Gasteiger charge is 2.21. The molecule has 0 radical (unpaired) electrons. The topological polar surface area (TPSA) is 106 Å². The molecule has 1 aromatic heterocycles. The Morgan fingerprint density at radius 1 is 1.20 bits per heavy atom. The van der Waals surface area contributed by atoms with Gasteiger partial charge in [0.2, 0.25) is 6.41 Å². The Morgan fingerprint density at radius 2 is 1.93 bits per heavy atom. The van der Waals surface area contributed by atoms with Crippen molar-refractivity contribution in [1.29, 1.82) is 0 Å². The van der Waals surface area contributed by atoms with Gasteiger partial charge in [0.1, 0.15) is 17.7 Å². The van der Waals surface area contributed by atoms with Gasteiger partial charge >= 0.3 is 0 Å². The molecule has 0 bridgehead atoms. The largest absolute Gasteiger partial charge is 0.489 e. The molecule has 3 aromatic rings. The maximum atomic E-state index is 12.9. The fraction of sp³-hybridized carbons (Fsp3) is 0.433. The van der Waals surface area contributed by atoms with Crippen LogP contribution in [0.3, 0.4) is 0 Å². The maximum absolute atomic E-state index is 12.9. The van der Waals surface area contributed by atoms with Crippen LogP contribution in [-0.2, 0) is 22.6 Å². The van der Waals surface area contributed by atoms with Gasteiger partial charge < -0.3 is 19.7 Å². The van der Waals surface area contributed by atoms with E-state index in [0.717, 1.165) is 27.7 Å². The molecule has 10 heteroatoms. The van der Waals surface area contributed by atoms with Crippen LogP contribution in [0.1, 0.15) is 68.4 Å². The zero-order valence-electron chi connectivity index (χ0n) is 23.8. The number of carbonyl (C=O) groups is 2. The molecule has 216 valence electrons. The Labute approximate surface area is 241 Å². The fourth-order valence-electron chi connectivity index (χ4n) is 4.35. The van der Waals surface area contributed by atoms with E-state index in [1.165, 1.54) is 0 Å². The molecule has 0 saturated carbocycles. The summed E-state index contributed by atoms with van der Waals surface area (Å²) in [7, 11) is 1.56. The smallest absolute Gasteiger partial charge is 0.251 e. The number of aryl methyl sites for hydroxylation is 1. The van der Waals surface area contributed by atoms with Gasteiger partial charge in [-0.2, -0.15) is 0 Å². The number of hydroxylamine groups is 2. The minimum Gasteiger partial charge on any atom is -0.489 e. The molecule has 0 saturated heterocycles. The van der Waals surface area contributed by atoms with Gasteiger partial charge in [0.25, 0.3) is 5.91 Å². The number of nitrogens with one attached hydrogen (secondary N) is 1. The highest BCUT2D eigenvalue weighted by atomic mass is 35.5. The molecular weight excluding hydrogens is 532 g/mol. The second kappa shape index (κ2) is 14.8. The standard InChI is InChI=1S/C30H39ClN4O5/c1-6-27(40-34(5)19-37)29-33-26(18-35(29)7-2)22-10-8-21(9-11-22)16-24(14-15-36)32-30(38)23-12-13-28(25(31)17-23)39-20(3)4/h8-13,17-20,24,27,36H,6-7,14-16H2,1-5H3,(H,32,38)/t24-,27-/m1/s1. The van der Waals surface area contributed by atoms with Gasteiger partial charge in [-0.1, -0.05) is 42.8 Å². The first-order valence-corrected chi connectivity index (χ1v) is 14.0. The number of hydrogen-bond acceptors (Lipinski definition) is 6. The van der Waals surface area contributed by atoms with Crippen molar-refractivity contribution in [3.05, 3.63) is 70.6 Å². The van der Waals surface area contributed by atoms with Crippen LogP contribution in [0, 0.1) is 0 Å². The molecule has 0 unspecified atom stereocenters. The number of hydrogen-bond donors (Lipinski definition) is 2. The predicted molar refractivity (Wildman–Crippen MR) is 155 cm³/mol. The highest BCUT2D eigenvalue weighted by molar-refractivity contribution is 6.32. The second-order valence-electron chi connectivity index (χ2n) is 9.82. The number of carbonyl (C=O) groups excluding carboxylic acids is 2. The Balaban J connectivity index is 1.72. The third kappa shape index (κ3) is 8.30. The summed E-state index contributed by atoms with van der Waals surface area (Å²) in [5.41, 5.74) is 3.19. The fourth-order valence-corrected chi connectivity index (χ4v) is 4.57. The Kier molecular flexibility index (Phi) is 11.5. The van der Waals surface area contributed by atoms with Crippen molar-refractivity contribution >= 4 is 23.9 Å². The summed E-state index contributed by atoms with van der Waals surface area (Å²) in [6.45, 7) is 8.50. The number of benzene rings is 2. The number of amides is 2. The predicted octanol–water partition coefficient (Wildman–Crippen LogP) is 5.21. The minimum absolute atomic E-state index is 0.0281. The molecule has 0 spiro atoms. The average molecular weight is 571 g/mol. The van der Waals surface area contributed by atoms with Crippen molar-refractivity contribution in [2.24, 2.45) is 0 Å². The van der Waals surface area contributed by atoms with Crippen molar-refractivity contribution in [2.45, 2.75) is 71.8 Å². The second-order valence-corrected chi connectivity index (χ2v) is 10.2. The van der Waals surface area contributed by atoms with Crippen molar-refractivity contribution in [1.82, 2.24) is 19.9 Å². The summed E-state index contributed by atoms with van der Waals surface area (Å²) in [6, 6.07) is 12.7. The molecule has 9 nitrogen and oxygen atoms in total. The molecule has 2 aromatic carbocycles. The zero-order valence-corrected chi connectivity index (χ0v) is 24.5. The van der Waals surface area contributed by atoms with Crippen LogP contribution >= 0.6 is 11.6 Å². The van der Waals surface area contributed by atoms with Gasteiger partial charge in [0.05, 0.1) is 16.8 Å². The van der Waals surface area contributed by atoms with E-state index in [0.29, 0.717) is 48.6 Å². The first-order chi connectivity index (χ1) is 19.2. The first-order valence-electron chi connectivity index (χ1n) is 13.6. The number of ether oxygens (including phenoxy) is 1. The average Bonchev–Trinajstić information content (AvgIpc) is 3.37. The van der Waals surface area contributed by atoms with Crippen molar-refractivity contribution in [2.75, 3.05) is 13.7 Å². The third-order valence-corrected chi connectivity index (χ3v) is 6.65. The number of aliphatic hydroxyl groups is 1. The van der Waals surface area contributed by atoms with Gasteiger partial charge in [-0.25, -0.2) is 10.0 Å². The number of aliphatic hydroxyl groups excluding tert-OH is 1. The van der Waals surface area contributed by atoms with Crippen LogP contribution in [-0.4, -0.2) is 57.8 Å². The van der Waals surface area contributed by atoms with Crippen molar-refractivity contribution < 1.29 is 24.3 Å². The number of rotatable bonds is 15. The molecule has 0 aliphatic carbocycles. The van der Waals surface area contributed by atoms with Gasteiger partial charge in [-0.3, -0.25) is 14.4 Å². The normalized spacial score (nSPS) is 12.7. The lowest BCUT2D eigenvalue weighted by molar-refractivity contribution is -0.187. The van der Waals surface area contributed by atoms with Gasteiger partial charge in [-0.15, -0.1) is 0 Å². The highest BCUT2D eigenvalue weighted by Crippen LogP contribution is 2.28. The van der Waals surface area contributed by atoms with Gasteiger partial charge in [0, 0.05) is 43.6 Å². The third-order valence-electron chi connectivity index (χ3n) is 6.35. The van der Waals surface area contributed by atoms with E-state index in [-0.39, 0.29) is 30.8 Å². The lowest BCUT2D eigenvalue weighted by Crippen LogP contribution is -2.37.